The highest BCUT2D eigenvalue weighted by Crippen LogP contribution is 1.84. The SMILES string of the molecule is C=CNC(C)CC.CC. The zero-order valence-corrected chi connectivity index (χ0v) is 7.07. The van der Waals surface area contributed by atoms with E-state index in [2.05, 4.69) is 25.7 Å². The van der Waals surface area contributed by atoms with E-state index < -0.39 is 0 Å². The smallest absolute Gasteiger partial charge is 0.0224 e. The molecule has 0 aliphatic heterocycles. The van der Waals surface area contributed by atoms with Crippen molar-refractivity contribution >= 4 is 0 Å². The standard InChI is InChI=1S/C6H13N.C2H6/c1-4-6(3)7-5-2;1-2/h5-7H,2,4H2,1,3H3;1-2H3. The lowest BCUT2D eigenvalue weighted by molar-refractivity contribution is 0.620. The number of hydrogen-bond donors (Lipinski definition) is 1. The molecule has 0 rings (SSSR count). The Morgan fingerprint density at radius 2 is 2.00 bits per heavy atom. The molecular weight excluding hydrogens is 110 g/mol. The number of hydrogen-bond acceptors (Lipinski definition) is 1. The summed E-state index contributed by atoms with van der Waals surface area (Å²) in [6.45, 7) is 11.8. The first-order valence-electron chi connectivity index (χ1n) is 3.68. The Morgan fingerprint density at radius 3 is 2.11 bits per heavy atom. The molecule has 0 saturated heterocycles. The van der Waals surface area contributed by atoms with Crippen LogP contribution in [0.25, 0.3) is 0 Å². The van der Waals surface area contributed by atoms with Gasteiger partial charge in [-0.1, -0.05) is 27.4 Å². The largest absolute Gasteiger partial charge is 0.389 e. The normalized spacial score (nSPS) is 10.7. The molecule has 1 nitrogen and oxygen atoms in total. The van der Waals surface area contributed by atoms with Crippen molar-refractivity contribution in [3.8, 4) is 0 Å². The van der Waals surface area contributed by atoms with Gasteiger partial charge in [0.1, 0.15) is 0 Å². The lowest BCUT2D eigenvalue weighted by atomic mass is 10.3. The first-order valence-corrected chi connectivity index (χ1v) is 3.68. The topological polar surface area (TPSA) is 12.0 Å². The minimum atomic E-state index is 0.581. The Bertz CT molecular complexity index is 50.5. The summed E-state index contributed by atoms with van der Waals surface area (Å²) < 4.78 is 0. The van der Waals surface area contributed by atoms with Gasteiger partial charge in [0.15, 0.2) is 0 Å². The van der Waals surface area contributed by atoms with Crippen molar-refractivity contribution in [3.63, 3.8) is 0 Å². The molecule has 0 heterocycles. The maximum Gasteiger partial charge on any atom is 0.0224 e. The molecule has 0 radical (unpaired) electrons. The highest BCUT2D eigenvalue weighted by atomic mass is 14.9. The van der Waals surface area contributed by atoms with Crippen LogP contribution in [0, 0.1) is 0 Å². The van der Waals surface area contributed by atoms with Crippen molar-refractivity contribution in [2.75, 3.05) is 0 Å². The molecule has 0 aliphatic rings. The molecule has 0 aromatic carbocycles. The van der Waals surface area contributed by atoms with Gasteiger partial charge in [-0.2, -0.15) is 0 Å². The van der Waals surface area contributed by atoms with Gasteiger partial charge < -0.3 is 5.32 Å². The predicted octanol–water partition coefficient (Wildman–Crippen LogP) is 2.54. The quantitative estimate of drug-likeness (QED) is 0.617. The molecule has 0 amide bonds. The van der Waals surface area contributed by atoms with E-state index in [0.29, 0.717) is 6.04 Å². The van der Waals surface area contributed by atoms with Gasteiger partial charge in [0.05, 0.1) is 0 Å². The minimum Gasteiger partial charge on any atom is -0.389 e. The number of rotatable bonds is 3. The molecule has 0 spiro atoms. The predicted molar refractivity (Wildman–Crippen MR) is 44.4 cm³/mol. The second kappa shape index (κ2) is 10.5. The zero-order valence-electron chi connectivity index (χ0n) is 7.07. The molecule has 0 aromatic rings. The molecule has 0 fully saturated rings. The Morgan fingerprint density at radius 1 is 1.56 bits per heavy atom. The van der Waals surface area contributed by atoms with Crippen LogP contribution in [-0.4, -0.2) is 6.04 Å². The van der Waals surface area contributed by atoms with Gasteiger partial charge in [-0.3, -0.25) is 0 Å². The van der Waals surface area contributed by atoms with Gasteiger partial charge in [0.25, 0.3) is 0 Å². The molecule has 0 aliphatic carbocycles. The average molecular weight is 129 g/mol. The van der Waals surface area contributed by atoms with Crippen LogP contribution in [0.2, 0.25) is 0 Å². The second-order valence-corrected chi connectivity index (χ2v) is 1.68. The fraction of sp³-hybridized carbons (Fsp3) is 0.750. The third-order valence-corrected chi connectivity index (χ3v) is 1.01. The van der Waals surface area contributed by atoms with Gasteiger partial charge in [0.2, 0.25) is 0 Å². The minimum absolute atomic E-state index is 0.581. The van der Waals surface area contributed by atoms with Crippen LogP contribution in [0.15, 0.2) is 12.8 Å². The Balaban J connectivity index is 0. The monoisotopic (exact) mass is 129 g/mol. The maximum atomic E-state index is 3.54. The Hall–Kier alpha value is -0.460. The highest BCUT2D eigenvalue weighted by Gasteiger charge is 1.87. The van der Waals surface area contributed by atoms with Crippen molar-refractivity contribution < 1.29 is 0 Å². The average Bonchev–Trinajstić information content (AvgIpc) is 1.93. The molecule has 0 bridgehead atoms. The summed E-state index contributed by atoms with van der Waals surface area (Å²) in [4.78, 5) is 0. The molecule has 1 unspecified atom stereocenters. The first kappa shape index (κ1) is 11.4. The van der Waals surface area contributed by atoms with E-state index in [-0.39, 0.29) is 0 Å². The fourth-order valence-electron chi connectivity index (χ4n) is 0.319. The van der Waals surface area contributed by atoms with Gasteiger partial charge in [-0.05, 0) is 19.5 Å². The van der Waals surface area contributed by atoms with Crippen molar-refractivity contribution in [2.24, 2.45) is 0 Å². The number of nitrogens with one attached hydrogen (secondary N) is 1. The third kappa shape index (κ3) is 11.2. The van der Waals surface area contributed by atoms with Crippen molar-refractivity contribution in [3.05, 3.63) is 12.8 Å². The third-order valence-electron chi connectivity index (χ3n) is 1.01. The summed E-state index contributed by atoms with van der Waals surface area (Å²) >= 11 is 0. The molecular formula is C8H19N. The lowest BCUT2D eigenvalue weighted by Crippen LogP contribution is -2.17. The van der Waals surface area contributed by atoms with E-state index in [1.165, 1.54) is 0 Å². The fourth-order valence-corrected chi connectivity index (χ4v) is 0.319. The van der Waals surface area contributed by atoms with Crippen LogP contribution < -0.4 is 5.32 Å². The van der Waals surface area contributed by atoms with Crippen LogP contribution in [0.1, 0.15) is 34.1 Å². The van der Waals surface area contributed by atoms with Crippen LogP contribution in [0.4, 0.5) is 0 Å². The summed E-state index contributed by atoms with van der Waals surface area (Å²) in [5.41, 5.74) is 0. The Kier molecular flexibility index (Phi) is 13.3. The molecule has 1 heteroatoms. The maximum absolute atomic E-state index is 3.54. The van der Waals surface area contributed by atoms with Crippen LogP contribution >= 0.6 is 0 Å². The summed E-state index contributed by atoms with van der Waals surface area (Å²) in [5, 5.41) is 3.06. The summed E-state index contributed by atoms with van der Waals surface area (Å²) in [7, 11) is 0. The van der Waals surface area contributed by atoms with E-state index in [0.717, 1.165) is 6.42 Å². The molecule has 56 valence electrons. The lowest BCUT2D eigenvalue weighted by Gasteiger charge is -2.05. The van der Waals surface area contributed by atoms with Crippen molar-refractivity contribution in [1.29, 1.82) is 0 Å². The summed E-state index contributed by atoms with van der Waals surface area (Å²) in [6.07, 6.45) is 2.89. The van der Waals surface area contributed by atoms with E-state index in [1.807, 2.05) is 13.8 Å². The van der Waals surface area contributed by atoms with Gasteiger partial charge in [-0.25, -0.2) is 0 Å². The van der Waals surface area contributed by atoms with Gasteiger partial charge in [-0.15, -0.1) is 0 Å². The van der Waals surface area contributed by atoms with E-state index in [9.17, 15) is 0 Å². The van der Waals surface area contributed by atoms with Crippen molar-refractivity contribution in [1.82, 2.24) is 5.32 Å². The van der Waals surface area contributed by atoms with Crippen molar-refractivity contribution in [2.45, 2.75) is 40.2 Å². The summed E-state index contributed by atoms with van der Waals surface area (Å²) in [5.74, 6) is 0. The van der Waals surface area contributed by atoms with E-state index >= 15 is 0 Å². The van der Waals surface area contributed by atoms with E-state index in [4.69, 9.17) is 0 Å². The van der Waals surface area contributed by atoms with Gasteiger partial charge >= 0.3 is 0 Å². The first-order chi connectivity index (χ1) is 4.31. The van der Waals surface area contributed by atoms with Crippen LogP contribution in [-0.2, 0) is 0 Å². The molecule has 0 saturated carbocycles. The second-order valence-electron chi connectivity index (χ2n) is 1.68. The zero-order chi connectivity index (χ0) is 7.70. The Labute approximate surface area is 59.2 Å². The molecule has 0 aromatic heterocycles. The molecule has 1 atom stereocenters. The van der Waals surface area contributed by atoms with Gasteiger partial charge in [0, 0.05) is 6.04 Å². The summed E-state index contributed by atoms with van der Waals surface area (Å²) in [6, 6.07) is 0.581. The van der Waals surface area contributed by atoms with Crippen LogP contribution in [0.3, 0.4) is 0 Å². The van der Waals surface area contributed by atoms with E-state index in [1.54, 1.807) is 6.20 Å². The van der Waals surface area contributed by atoms with Crippen LogP contribution in [0.5, 0.6) is 0 Å². The highest BCUT2D eigenvalue weighted by molar-refractivity contribution is 4.67. The molecule has 9 heavy (non-hydrogen) atoms. The molecule has 1 N–H and O–H groups in total.